The molecule has 0 aliphatic heterocycles. The number of aliphatic carboxylic acids is 1. The van der Waals surface area contributed by atoms with Crippen molar-refractivity contribution >= 4 is 5.97 Å². The molecule has 0 saturated heterocycles. The number of rotatable bonds is 5. The van der Waals surface area contributed by atoms with E-state index in [1.807, 2.05) is 19.9 Å². The maximum atomic E-state index is 10.8. The fourth-order valence-electron chi connectivity index (χ4n) is 1.35. The summed E-state index contributed by atoms with van der Waals surface area (Å²) in [7, 11) is 0. The Morgan fingerprint density at radius 1 is 1.42 bits per heavy atom. The average molecular weight is 169 g/mol. The van der Waals surface area contributed by atoms with Crippen LogP contribution in [0.1, 0.15) is 39.5 Å². The quantitative estimate of drug-likeness (QED) is 0.686. The van der Waals surface area contributed by atoms with Gasteiger partial charge in [0, 0.05) is 0 Å². The van der Waals surface area contributed by atoms with Gasteiger partial charge < -0.3 is 5.11 Å². The van der Waals surface area contributed by atoms with Crippen molar-refractivity contribution in [1.29, 1.82) is 5.26 Å². The first-order valence-corrected chi connectivity index (χ1v) is 4.27. The Morgan fingerprint density at radius 3 is 2.00 bits per heavy atom. The molecule has 3 nitrogen and oxygen atoms in total. The van der Waals surface area contributed by atoms with Gasteiger partial charge in [0.2, 0.25) is 0 Å². The van der Waals surface area contributed by atoms with Gasteiger partial charge in [0.05, 0.1) is 6.07 Å². The Bertz CT molecular complexity index is 187. The van der Waals surface area contributed by atoms with E-state index in [0.29, 0.717) is 12.8 Å². The van der Waals surface area contributed by atoms with Crippen molar-refractivity contribution < 1.29 is 9.90 Å². The van der Waals surface area contributed by atoms with Crippen molar-refractivity contribution in [3.63, 3.8) is 0 Å². The number of hydrogen-bond donors (Lipinski definition) is 1. The third-order valence-electron chi connectivity index (χ3n) is 1.98. The zero-order chi connectivity index (χ0) is 9.61. The van der Waals surface area contributed by atoms with Crippen LogP contribution in [-0.4, -0.2) is 11.1 Å². The van der Waals surface area contributed by atoms with Crippen molar-refractivity contribution in [3.8, 4) is 6.07 Å². The van der Waals surface area contributed by atoms with Gasteiger partial charge in [-0.3, -0.25) is 4.79 Å². The van der Waals surface area contributed by atoms with E-state index in [9.17, 15) is 4.79 Å². The maximum Gasteiger partial charge on any atom is 0.324 e. The first kappa shape index (κ1) is 11.0. The predicted molar refractivity (Wildman–Crippen MR) is 45.5 cm³/mol. The van der Waals surface area contributed by atoms with Crippen LogP contribution in [0.4, 0.5) is 0 Å². The molecule has 3 heteroatoms. The molecular weight excluding hydrogens is 154 g/mol. The molecule has 0 rings (SSSR count). The monoisotopic (exact) mass is 169 g/mol. The van der Waals surface area contributed by atoms with E-state index in [1.54, 1.807) is 0 Å². The van der Waals surface area contributed by atoms with Crippen molar-refractivity contribution in [2.45, 2.75) is 39.5 Å². The third-order valence-corrected chi connectivity index (χ3v) is 1.98. The van der Waals surface area contributed by atoms with Crippen LogP contribution in [0.25, 0.3) is 0 Å². The molecule has 0 atom stereocenters. The van der Waals surface area contributed by atoms with E-state index in [2.05, 4.69) is 0 Å². The Kier molecular flexibility index (Phi) is 4.35. The van der Waals surface area contributed by atoms with Crippen LogP contribution in [0.3, 0.4) is 0 Å². The summed E-state index contributed by atoms with van der Waals surface area (Å²) in [5.41, 5.74) is -1.14. The minimum absolute atomic E-state index is 0.451. The smallest absolute Gasteiger partial charge is 0.324 e. The zero-order valence-electron chi connectivity index (χ0n) is 7.63. The molecular formula is C9H15NO2. The lowest BCUT2D eigenvalue weighted by molar-refractivity contribution is -0.146. The highest BCUT2D eigenvalue weighted by Crippen LogP contribution is 2.29. The van der Waals surface area contributed by atoms with Crippen LogP contribution in [-0.2, 0) is 4.79 Å². The van der Waals surface area contributed by atoms with Crippen molar-refractivity contribution in [3.05, 3.63) is 0 Å². The second-order valence-corrected chi connectivity index (χ2v) is 3.00. The van der Waals surface area contributed by atoms with E-state index in [1.165, 1.54) is 0 Å². The summed E-state index contributed by atoms with van der Waals surface area (Å²) in [5.74, 6) is -0.978. The van der Waals surface area contributed by atoms with Gasteiger partial charge >= 0.3 is 5.97 Å². The Labute approximate surface area is 73.0 Å². The highest BCUT2D eigenvalue weighted by atomic mass is 16.4. The van der Waals surface area contributed by atoms with Crippen LogP contribution in [0, 0.1) is 16.7 Å². The van der Waals surface area contributed by atoms with Crippen LogP contribution >= 0.6 is 0 Å². The van der Waals surface area contributed by atoms with Crippen LogP contribution in [0.2, 0.25) is 0 Å². The lowest BCUT2D eigenvalue weighted by atomic mass is 9.81. The normalized spacial score (nSPS) is 10.8. The zero-order valence-corrected chi connectivity index (χ0v) is 7.63. The van der Waals surface area contributed by atoms with Gasteiger partial charge in [0.1, 0.15) is 0 Å². The molecule has 0 aliphatic rings. The summed E-state index contributed by atoms with van der Waals surface area (Å²) >= 11 is 0. The molecule has 0 radical (unpaired) electrons. The summed E-state index contributed by atoms with van der Waals surface area (Å²) in [6.07, 6.45) is 2.37. The molecule has 0 aromatic rings. The van der Waals surface area contributed by atoms with E-state index < -0.39 is 11.4 Å². The SMILES string of the molecule is CCCC(C#N)(CCC)C(=O)O. The van der Waals surface area contributed by atoms with Crippen molar-refractivity contribution in [2.24, 2.45) is 5.41 Å². The summed E-state index contributed by atoms with van der Waals surface area (Å²) in [5, 5.41) is 17.6. The van der Waals surface area contributed by atoms with Crippen molar-refractivity contribution in [2.75, 3.05) is 0 Å². The number of carboxylic acid groups (broad SMARTS) is 1. The maximum absolute atomic E-state index is 10.8. The first-order chi connectivity index (χ1) is 5.63. The van der Waals surface area contributed by atoms with Crippen LogP contribution in [0.15, 0.2) is 0 Å². The third kappa shape index (κ3) is 2.23. The highest BCUT2D eigenvalue weighted by molar-refractivity contribution is 5.77. The van der Waals surface area contributed by atoms with E-state index in [-0.39, 0.29) is 0 Å². The topological polar surface area (TPSA) is 61.1 Å². The van der Waals surface area contributed by atoms with Gasteiger partial charge in [-0.2, -0.15) is 5.26 Å². The molecule has 68 valence electrons. The summed E-state index contributed by atoms with van der Waals surface area (Å²) in [6, 6.07) is 1.92. The molecule has 0 amide bonds. The number of carboxylic acids is 1. The number of hydrogen-bond acceptors (Lipinski definition) is 2. The highest BCUT2D eigenvalue weighted by Gasteiger charge is 2.36. The first-order valence-electron chi connectivity index (χ1n) is 4.27. The number of nitriles is 1. The second kappa shape index (κ2) is 4.76. The standard InChI is InChI=1S/C9H15NO2/c1-3-5-9(7-10,6-4-2)8(11)12/h3-6H2,1-2H3,(H,11,12). The summed E-state index contributed by atoms with van der Waals surface area (Å²) < 4.78 is 0. The minimum Gasteiger partial charge on any atom is -0.480 e. The minimum atomic E-state index is -1.14. The van der Waals surface area contributed by atoms with Crippen LogP contribution < -0.4 is 0 Å². The van der Waals surface area contributed by atoms with Gasteiger partial charge in [-0.05, 0) is 12.8 Å². The van der Waals surface area contributed by atoms with E-state index in [4.69, 9.17) is 10.4 Å². The molecule has 0 unspecified atom stereocenters. The molecule has 12 heavy (non-hydrogen) atoms. The molecule has 0 aromatic heterocycles. The molecule has 0 heterocycles. The second-order valence-electron chi connectivity index (χ2n) is 3.00. The Hall–Kier alpha value is -1.04. The molecule has 0 aromatic carbocycles. The largest absolute Gasteiger partial charge is 0.480 e. The predicted octanol–water partition coefficient (Wildman–Crippen LogP) is 2.18. The average Bonchev–Trinajstić information content (AvgIpc) is 2.03. The van der Waals surface area contributed by atoms with Gasteiger partial charge in [-0.25, -0.2) is 0 Å². The molecule has 0 spiro atoms. The summed E-state index contributed by atoms with van der Waals surface area (Å²) in [6.45, 7) is 3.79. The Morgan fingerprint density at radius 2 is 1.83 bits per heavy atom. The van der Waals surface area contributed by atoms with Gasteiger partial charge in [-0.1, -0.05) is 26.7 Å². The van der Waals surface area contributed by atoms with E-state index in [0.717, 1.165) is 12.8 Å². The number of nitrogens with zero attached hydrogens (tertiary/aromatic N) is 1. The van der Waals surface area contributed by atoms with Gasteiger partial charge in [0.15, 0.2) is 5.41 Å². The Balaban J connectivity index is 4.54. The molecule has 1 N–H and O–H groups in total. The molecule has 0 aliphatic carbocycles. The molecule has 0 bridgehead atoms. The fourth-order valence-corrected chi connectivity index (χ4v) is 1.35. The van der Waals surface area contributed by atoms with Crippen molar-refractivity contribution in [1.82, 2.24) is 0 Å². The summed E-state index contributed by atoms with van der Waals surface area (Å²) in [4.78, 5) is 10.8. The molecule has 0 saturated carbocycles. The number of carbonyl (C=O) groups is 1. The fraction of sp³-hybridized carbons (Fsp3) is 0.778. The molecule has 0 fully saturated rings. The van der Waals surface area contributed by atoms with Gasteiger partial charge in [-0.15, -0.1) is 0 Å². The van der Waals surface area contributed by atoms with E-state index >= 15 is 0 Å². The van der Waals surface area contributed by atoms with Gasteiger partial charge in [0.25, 0.3) is 0 Å². The van der Waals surface area contributed by atoms with Crippen LogP contribution in [0.5, 0.6) is 0 Å². The lowest BCUT2D eigenvalue weighted by Crippen LogP contribution is -2.28. The lowest BCUT2D eigenvalue weighted by Gasteiger charge is -2.19.